The van der Waals surface area contributed by atoms with Crippen molar-refractivity contribution < 1.29 is 13.2 Å². The van der Waals surface area contributed by atoms with E-state index in [2.05, 4.69) is 31.8 Å². The van der Waals surface area contributed by atoms with E-state index in [0.29, 0.717) is 12.4 Å². The van der Waals surface area contributed by atoms with Gasteiger partial charge >= 0.3 is 0 Å². The first-order chi connectivity index (χ1) is 16.3. The highest BCUT2D eigenvalue weighted by Gasteiger charge is 2.27. The van der Waals surface area contributed by atoms with Crippen molar-refractivity contribution in [2.24, 2.45) is 7.05 Å². The quantitative estimate of drug-likeness (QED) is 0.417. The third kappa shape index (κ3) is 4.21. The van der Waals surface area contributed by atoms with E-state index in [-0.39, 0.29) is 11.0 Å². The molecule has 0 unspecified atom stereocenters. The third-order valence-corrected chi connectivity index (χ3v) is 7.25. The molecule has 0 amide bonds. The van der Waals surface area contributed by atoms with E-state index in [1.807, 2.05) is 30.2 Å². The highest BCUT2D eigenvalue weighted by Crippen LogP contribution is 2.34. The summed E-state index contributed by atoms with van der Waals surface area (Å²) >= 11 is 0. The minimum atomic E-state index is -3.25. The second-order valence-electron chi connectivity index (χ2n) is 8.55. The van der Waals surface area contributed by atoms with Crippen LogP contribution in [0.1, 0.15) is 18.9 Å². The molecule has 5 rings (SSSR count). The molecule has 1 saturated heterocycles. The Labute approximate surface area is 198 Å². The first-order valence-corrected chi connectivity index (χ1v) is 13.1. The average Bonchev–Trinajstić information content (AvgIpc) is 3.44. The molecule has 4 heterocycles. The lowest BCUT2D eigenvalue weighted by Crippen LogP contribution is -2.26. The van der Waals surface area contributed by atoms with E-state index in [0.717, 1.165) is 53.1 Å². The molecule has 9 nitrogen and oxygen atoms in total. The molecule has 0 saturated carbocycles. The minimum Gasteiger partial charge on any atom is -0.471 e. The lowest BCUT2D eigenvalue weighted by atomic mass is 10.1. The largest absolute Gasteiger partial charge is 0.471 e. The van der Waals surface area contributed by atoms with Gasteiger partial charge in [0.1, 0.15) is 23.5 Å². The molecule has 0 bridgehead atoms. The predicted molar refractivity (Wildman–Crippen MR) is 130 cm³/mol. The van der Waals surface area contributed by atoms with Crippen LogP contribution in [0.3, 0.4) is 0 Å². The summed E-state index contributed by atoms with van der Waals surface area (Å²) in [5.74, 6) is 1.25. The van der Waals surface area contributed by atoms with Crippen molar-refractivity contribution in [3.8, 4) is 17.0 Å². The van der Waals surface area contributed by atoms with E-state index in [4.69, 9.17) is 4.74 Å². The second kappa shape index (κ2) is 8.68. The number of aromatic nitrogens is 5. The van der Waals surface area contributed by atoms with Gasteiger partial charge in [0.05, 0.1) is 11.4 Å². The van der Waals surface area contributed by atoms with Crippen LogP contribution in [0.2, 0.25) is 0 Å². The topological polar surface area (TPSA) is 103 Å². The van der Waals surface area contributed by atoms with Crippen LogP contribution >= 0.6 is 0 Å². The normalized spacial score (nSPS) is 16.3. The Morgan fingerprint density at radius 3 is 2.50 bits per heavy atom. The summed E-state index contributed by atoms with van der Waals surface area (Å²) < 4.78 is 31.9. The molecule has 4 aromatic rings. The molecular formula is C24H26N6O3S. The van der Waals surface area contributed by atoms with Crippen LogP contribution in [0.4, 0.5) is 5.95 Å². The van der Waals surface area contributed by atoms with Gasteiger partial charge in [-0.2, -0.15) is 4.98 Å². The molecule has 34 heavy (non-hydrogen) atoms. The fraction of sp³-hybridized carbons (Fsp3) is 0.333. The molecular weight excluding hydrogens is 452 g/mol. The molecule has 176 valence electrons. The van der Waals surface area contributed by atoms with Gasteiger partial charge < -0.3 is 14.2 Å². The van der Waals surface area contributed by atoms with Gasteiger partial charge in [0, 0.05) is 50.4 Å². The summed E-state index contributed by atoms with van der Waals surface area (Å²) in [7, 11) is -1.32. The SMILES string of the molecule is CCc1cnc(N2CC[C@H](Oc3ncnc4c(-c5ccc(S(C)(=O)=O)cc5)cn(C)c34)C2)nc1. The average molecular weight is 479 g/mol. The molecule has 3 aromatic heterocycles. The fourth-order valence-corrected chi connectivity index (χ4v) is 4.86. The summed E-state index contributed by atoms with van der Waals surface area (Å²) in [6, 6.07) is 6.83. The summed E-state index contributed by atoms with van der Waals surface area (Å²) in [4.78, 5) is 20.3. The Balaban J connectivity index is 1.39. The van der Waals surface area contributed by atoms with Crippen molar-refractivity contribution in [3.05, 3.63) is 54.7 Å². The number of fused-ring (bicyclic) bond motifs is 1. The van der Waals surface area contributed by atoms with Crippen LogP contribution in [0, 0.1) is 0 Å². The van der Waals surface area contributed by atoms with Gasteiger partial charge in [-0.15, -0.1) is 0 Å². The van der Waals surface area contributed by atoms with Crippen molar-refractivity contribution in [3.63, 3.8) is 0 Å². The number of benzene rings is 1. The van der Waals surface area contributed by atoms with Gasteiger partial charge in [-0.3, -0.25) is 0 Å². The lowest BCUT2D eigenvalue weighted by Gasteiger charge is -2.17. The van der Waals surface area contributed by atoms with Crippen molar-refractivity contribution >= 4 is 26.8 Å². The number of aryl methyl sites for hydroxylation is 2. The van der Waals surface area contributed by atoms with Crippen LogP contribution in [0.25, 0.3) is 22.2 Å². The maximum absolute atomic E-state index is 11.8. The van der Waals surface area contributed by atoms with Crippen molar-refractivity contribution in [2.45, 2.75) is 30.8 Å². The maximum Gasteiger partial charge on any atom is 0.242 e. The number of ether oxygens (including phenoxy) is 1. The Kier molecular flexibility index (Phi) is 5.68. The molecule has 1 fully saturated rings. The highest BCUT2D eigenvalue weighted by molar-refractivity contribution is 7.90. The van der Waals surface area contributed by atoms with Crippen molar-refractivity contribution in [1.29, 1.82) is 0 Å². The number of anilines is 1. The third-order valence-electron chi connectivity index (χ3n) is 6.12. The summed E-state index contributed by atoms with van der Waals surface area (Å²) in [6.07, 6.45) is 10.1. The molecule has 1 aromatic carbocycles. The second-order valence-corrected chi connectivity index (χ2v) is 10.6. The van der Waals surface area contributed by atoms with Gasteiger partial charge in [-0.1, -0.05) is 19.1 Å². The van der Waals surface area contributed by atoms with Gasteiger partial charge in [-0.05, 0) is 29.7 Å². The molecule has 0 spiro atoms. The number of rotatable bonds is 6. The van der Waals surface area contributed by atoms with Crippen LogP contribution in [0.15, 0.2) is 54.1 Å². The Morgan fingerprint density at radius 2 is 1.82 bits per heavy atom. The summed E-state index contributed by atoms with van der Waals surface area (Å²) in [6.45, 7) is 3.58. The van der Waals surface area contributed by atoms with E-state index >= 15 is 0 Å². The lowest BCUT2D eigenvalue weighted by molar-refractivity contribution is 0.218. The van der Waals surface area contributed by atoms with E-state index < -0.39 is 9.84 Å². The molecule has 0 aliphatic carbocycles. The van der Waals surface area contributed by atoms with Gasteiger partial charge in [0.2, 0.25) is 11.8 Å². The molecule has 1 atom stereocenters. The Hall–Kier alpha value is -3.53. The Bertz CT molecular complexity index is 1430. The number of nitrogens with zero attached hydrogens (tertiary/aromatic N) is 6. The van der Waals surface area contributed by atoms with Crippen LogP contribution < -0.4 is 9.64 Å². The standard InChI is InChI=1S/C24H26N6O3S/c1-4-16-11-25-24(26-12-16)30-10-9-18(13-30)33-23-22-21(27-15-28-23)20(14-29(22)2)17-5-7-19(8-6-17)34(3,31)32/h5-8,11-12,14-15,18H,4,9-10,13H2,1-3H3/t18-/m0/s1. The van der Waals surface area contributed by atoms with Crippen molar-refractivity contribution in [1.82, 2.24) is 24.5 Å². The zero-order chi connectivity index (χ0) is 23.9. The van der Waals surface area contributed by atoms with Crippen LogP contribution in [0.5, 0.6) is 5.88 Å². The Morgan fingerprint density at radius 1 is 1.09 bits per heavy atom. The monoisotopic (exact) mass is 478 g/mol. The van der Waals surface area contributed by atoms with Crippen LogP contribution in [-0.2, 0) is 23.3 Å². The minimum absolute atomic E-state index is 0.0417. The van der Waals surface area contributed by atoms with E-state index in [1.54, 1.807) is 24.3 Å². The predicted octanol–water partition coefficient (Wildman–Crippen LogP) is 3.05. The van der Waals surface area contributed by atoms with Crippen molar-refractivity contribution in [2.75, 3.05) is 24.2 Å². The zero-order valence-corrected chi connectivity index (χ0v) is 20.2. The van der Waals surface area contributed by atoms with E-state index in [9.17, 15) is 8.42 Å². The maximum atomic E-state index is 11.8. The molecule has 1 aliphatic heterocycles. The summed E-state index contributed by atoms with van der Waals surface area (Å²) in [5.41, 5.74) is 4.44. The molecule has 1 aliphatic rings. The molecule has 10 heteroatoms. The number of sulfone groups is 1. The van der Waals surface area contributed by atoms with E-state index in [1.165, 1.54) is 12.6 Å². The van der Waals surface area contributed by atoms with Gasteiger partial charge in [0.25, 0.3) is 0 Å². The smallest absolute Gasteiger partial charge is 0.242 e. The first kappa shape index (κ1) is 22.3. The highest BCUT2D eigenvalue weighted by atomic mass is 32.2. The molecule has 0 N–H and O–H groups in total. The molecule has 0 radical (unpaired) electrons. The zero-order valence-electron chi connectivity index (χ0n) is 19.3. The first-order valence-electron chi connectivity index (χ1n) is 11.2. The summed E-state index contributed by atoms with van der Waals surface area (Å²) in [5, 5.41) is 0. The number of hydrogen-bond donors (Lipinski definition) is 0. The van der Waals surface area contributed by atoms with Gasteiger partial charge in [0.15, 0.2) is 9.84 Å². The number of hydrogen-bond acceptors (Lipinski definition) is 8. The fourth-order valence-electron chi connectivity index (χ4n) is 4.23. The van der Waals surface area contributed by atoms with Gasteiger partial charge in [-0.25, -0.2) is 23.4 Å². The van der Waals surface area contributed by atoms with Crippen LogP contribution in [-0.4, -0.2) is 58.4 Å².